The van der Waals surface area contributed by atoms with Gasteiger partial charge in [-0.2, -0.15) is 0 Å². The van der Waals surface area contributed by atoms with E-state index in [0.29, 0.717) is 16.4 Å². The number of carbonyl (C=O) groups excluding carboxylic acids is 1. The zero-order valence-electron chi connectivity index (χ0n) is 13.0. The third-order valence-corrected chi connectivity index (χ3v) is 5.26. The molecule has 0 atom stereocenters. The number of hydrogen-bond donors (Lipinski definition) is 1. The lowest BCUT2D eigenvalue weighted by Crippen LogP contribution is -2.38. The summed E-state index contributed by atoms with van der Waals surface area (Å²) in [6.07, 6.45) is 0.994. The maximum atomic E-state index is 13.5. The van der Waals surface area contributed by atoms with E-state index in [1.807, 2.05) is 60.7 Å². The van der Waals surface area contributed by atoms with Gasteiger partial charge in [-0.1, -0.05) is 26.0 Å². The third-order valence-electron chi connectivity index (χ3n) is 4.43. The molecule has 0 unspecified atom stereocenters. The minimum atomic E-state index is -0.610. The van der Waals surface area contributed by atoms with Crippen LogP contribution in [0.15, 0.2) is 36.4 Å². The Labute approximate surface area is 148 Å². The molecule has 5 heteroatoms. The molecular weight excluding hydrogens is 408 g/mol. The second kappa shape index (κ2) is 6.11. The highest BCUT2D eigenvalue weighted by Gasteiger charge is 2.39. The monoisotopic (exact) mass is 425 g/mol. The Hall–Kier alpha value is -1.63. The van der Waals surface area contributed by atoms with Crippen LogP contribution in [0.2, 0.25) is 0 Å². The lowest BCUT2D eigenvalue weighted by Gasteiger charge is -2.37. The van der Waals surface area contributed by atoms with E-state index in [4.69, 9.17) is 4.74 Å². The van der Waals surface area contributed by atoms with Crippen LogP contribution in [-0.4, -0.2) is 6.09 Å². The molecule has 1 aliphatic rings. The molecule has 2 aromatic rings. The Morgan fingerprint density at radius 2 is 1.78 bits per heavy atom. The number of anilines is 1. The zero-order chi connectivity index (χ0) is 16.6. The standard InChI is InChI=1S/C18H17FINO2/c1-3-18(4-2)13-9-11(6-8-16(13)21-17(22)23-18)12-5-7-14(19)15(20)10-12/h5-10H,3-4H2,1-2H3,(H,21,22). The molecule has 2 aromatic carbocycles. The van der Waals surface area contributed by atoms with Gasteiger partial charge in [0.05, 0.1) is 5.69 Å². The van der Waals surface area contributed by atoms with Gasteiger partial charge in [0, 0.05) is 9.13 Å². The Kier molecular flexibility index (Phi) is 4.31. The van der Waals surface area contributed by atoms with Crippen LogP contribution in [0.3, 0.4) is 0 Å². The summed E-state index contributed by atoms with van der Waals surface area (Å²) in [6.45, 7) is 4.03. The maximum Gasteiger partial charge on any atom is 0.412 e. The number of rotatable bonds is 3. The number of cyclic esters (lactones) is 1. The Bertz CT molecular complexity index is 772. The predicted molar refractivity (Wildman–Crippen MR) is 96.9 cm³/mol. The largest absolute Gasteiger partial charge is 0.438 e. The first-order valence-electron chi connectivity index (χ1n) is 7.59. The number of ether oxygens (including phenoxy) is 1. The van der Waals surface area contributed by atoms with E-state index < -0.39 is 11.7 Å². The molecule has 1 amide bonds. The molecule has 0 radical (unpaired) electrons. The Morgan fingerprint density at radius 1 is 1.13 bits per heavy atom. The van der Waals surface area contributed by atoms with Crippen molar-refractivity contribution < 1.29 is 13.9 Å². The van der Waals surface area contributed by atoms with Gasteiger partial charge in [-0.15, -0.1) is 0 Å². The molecule has 0 saturated carbocycles. The van der Waals surface area contributed by atoms with Crippen molar-refractivity contribution in [1.82, 2.24) is 0 Å². The molecule has 0 aromatic heterocycles. The SMILES string of the molecule is CCC1(CC)OC(=O)Nc2ccc(-c3ccc(F)c(I)c3)cc21. The normalized spacial score (nSPS) is 15.6. The molecule has 0 aliphatic carbocycles. The van der Waals surface area contributed by atoms with Crippen LogP contribution >= 0.6 is 22.6 Å². The first-order valence-corrected chi connectivity index (χ1v) is 8.67. The van der Waals surface area contributed by atoms with Crippen LogP contribution in [-0.2, 0) is 10.3 Å². The quantitative estimate of drug-likeness (QED) is 0.644. The highest BCUT2D eigenvalue weighted by molar-refractivity contribution is 14.1. The molecule has 3 nitrogen and oxygen atoms in total. The van der Waals surface area contributed by atoms with Crippen molar-refractivity contribution in [3.8, 4) is 11.1 Å². The van der Waals surface area contributed by atoms with Crippen molar-refractivity contribution in [3.05, 3.63) is 51.3 Å². The maximum absolute atomic E-state index is 13.5. The zero-order valence-corrected chi connectivity index (χ0v) is 15.1. The van der Waals surface area contributed by atoms with E-state index >= 15 is 0 Å². The first-order chi connectivity index (χ1) is 11.0. The number of amides is 1. The van der Waals surface area contributed by atoms with Gasteiger partial charge in [0.15, 0.2) is 0 Å². The molecule has 3 rings (SSSR count). The van der Waals surface area contributed by atoms with Crippen LogP contribution in [0.25, 0.3) is 11.1 Å². The van der Waals surface area contributed by atoms with E-state index in [1.54, 1.807) is 6.07 Å². The second-order valence-electron chi connectivity index (χ2n) is 5.61. The van der Waals surface area contributed by atoms with Gasteiger partial charge >= 0.3 is 6.09 Å². The molecule has 1 aliphatic heterocycles. The van der Waals surface area contributed by atoms with Crippen LogP contribution in [0.4, 0.5) is 14.9 Å². The van der Waals surface area contributed by atoms with Gasteiger partial charge in [-0.25, -0.2) is 9.18 Å². The van der Waals surface area contributed by atoms with Crippen molar-refractivity contribution in [1.29, 1.82) is 0 Å². The van der Waals surface area contributed by atoms with Gasteiger partial charge in [0.2, 0.25) is 0 Å². The average molecular weight is 425 g/mol. The predicted octanol–water partition coefficient (Wildman–Crippen LogP) is 5.67. The summed E-state index contributed by atoms with van der Waals surface area (Å²) < 4.78 is 19.7. The van der Waals surface area contributed by atoms with Gasteiger partial charge in [-0.3, -0.25) is 5.32 Å². The smallest absolute Gasteiger partial charge is 0.412 e. The Balaban J connectivity index is 2.13. The van der Waals surface area contributed by atoms with Crippen molar-refractivity contribution in [2.24, 2.45) is 0 Å². The van der Waals surface area contributed by atoms with Crippen molar-refractivity contribution >= 4 is 34.4 Å². The van der Waals surface area contributed by atoms with E-state index in [-0.39, 0.29) is 5.82 Å². The molecule has 0 spiro atoms. The molecule has 1 heterocycles. The lowest BCUT2D eigenvalue weighted by atomic mass is 9.84. The van der Waals surface area contributed by atoms with Gasteiger partial charge in [0.1, 0.15) is 11.4 Å². The molecule has 0 saturated heterocycles. The molecule has 1 N–H and O–H groups in total. The van der Waals surface area contributed by atoms with E-state index in [2.05, 4.69) is 5.32 Å². The lowest BCUT2D eigenvalue weighted by molar-refractivity contribution is 0.00476. The number of nitrogens with one attached hydrogen (secondary N) is 1. The number of carbonyl (C=O) groups is 1. The van der Waals surface area contributed by atoms with E-state index in [1.165, 1.54) is 6.07 Å². The molecule has 0 fully saturated rings. The van der Waals surface area contributed by atoms with E-state index in [0.717, 1.165) is 22.4 Å². The summed E-state index contributed by atoms with van der Waals surface area (Å²) in [6, 6.07) is 10.9. The van der Waals surface area contributed by atoms with Crippen LogP contribution < -0.4 is 5.32 Å². The fourth-order valence-corrected chi connectivity index (χ4v) is 3.54. The second-order valence-corrected chi connectivity index (χ2v) is 6.77. The first kappa shape index (κ1) is 16.2. The van der Waals surface area contributed by atoms with Crippen LogP contribution in [0, 0.1) is 9.39 Å². The fourth-order valence-electron chi connectivity index (χ4n) is 3.03. The van der Waals surface area contributed by atoms with Crippen molar-refractivity contribution in [2.45, 2.75) is 32.3 Å². The summed E-state index contributed by atoms with van der Waals surface area (Å²) in [5.41, 5.74) is 3.06. The van der Waals surface area contributed by atoms with Crippen LogP contribution in [0.1, 0.15) is 32.3 Å². The molecule has 23 heavy (non-hydrogen) atoms. The highest BCUT2D eigenvalue weighted by atomic mass is 127. The van der Waals surface area contributed by atoms with Crippen molar-refractivity contribution in [3.63, 3.8) is 0 Å². The van der Waals surface area contributed by atoms with Crippen molar-refractivity contribution in [2.75, 3.05) is 5.32 Å². The number of hydrogen-bond acceptors (Lipinski definition) is 2. The molecular formula is C18H17FINO2. The summed E-state index contributed by atoms with van der Waals surface area (Å²) in [5, 5.41) is 2.76. The minimum Gasteiger partial charge on any atom is -0.438 e. The van der Waals surface area contributed by atoms with Gasteiger partial charge in [0.25, 0.3) is 0 Å². The average Bonchev–Trinajstić information content (AvgIpc) is 2.56. The molecule has 0 bridgehead atoms. The fraction of sp³-hybridized carbons (Fsp3) is 0.278. The summed E-state index contributed by atoms with van der Waals surface area (Å²) in [7, 11) is 0. The summed E-state index contributed by atoms with van der Waals surface area (Å²) >= 11 is 1.99. The summed E-state index contributed by atoms with van der Waals surface area (Å²) in [4.78, 5) is 11.8. The number of benzene rings is 2. The summed E-state index contributed by atoms with van der Waals surface area (Å²) in [5.74, 6) is -0.223. The topological polar surface area (TPSA) is 38.3 Å². The highest BCUT2D eigenvalue weighted by Crippen LogP contribution is 2.42. The number of fused-ring (bicyclic) bond motifs is 1. The van der Waals surface area contributed by atoms with E-state index in [9.17, 15) is 9.18 Å². The third kappa shape index (κ3) is 2.82. The van der Waals surface area contributed by atoms with Crippen LogP contribution in [0.5, 0.6) is 0 Å². The minimum absolute atomic E-state index is 0.223. The Morgan fingerprint density at radius 3 is 2.43 bits per heavy atom. The molecule has 120 valence electrons. The number of halogens is 2. The van der Waals surface area contributed by atoms with Gasteiger partial charge in [-0.05, 0) is 70.8 Å². The van der Waals surface area contributed by atoms with Gasteiger partial charge < -0.3 is 4.74 Å².